The van der Waals surface area contributed by atoms with Crippen molar-refractivity contribution in [3.8, 4) is 11.8 Å². The summed E-state index contributed by atoms with van der Waals surface area (Å²) < 4.78 is 6.79. The van der Waals surface area contributed by atoms with Gasteiger partial charge in [0, 0.05) is 19.0 Å². The predicted molar refractivity (Wildman–Crippen MR) is 105 cm³/mol. The molecule has 1 saturated heterocycles. The van der Waals surface area contributed by atoms with Gasteiger partial charge in [-0.25, -0.2) is 4.98 Å². The number of likely N-dealkylation sites (tertiary alicyclic amines) is 1. The van der Waals surface area contributed by atoms with Gasteiger partial charge in [-0.05, 0) is 49.2 Å². The van der Waals surface area contributed by atoms with E-state index >= 15 is 0 Å². The summed E-state index contributed by atoms with van der Waals surface area (Å²) in [5.74, 6) is 0.877. The van der Waals surface area contributed by atoms with Gasteiger partial charge < -0.3 is 9.64 Å². The molecule has 1 amide bonds. The predicted octanol–water partition coefficient (Wildman–Crippen LogP) is 3.95. The molecule has 0 N–H and O–H groups in total. The fraction of sp³-hybridized carbons (Fsp3) is 0.286. The van der Waals surface area contributed by atoms with Crippen molar-refractivity contribution in [1.29, 1.82) is 5.26 Å². The maximum atomic E-state index is 12.6. The number of hydrogen-bond donors (Lipinski definition) is 0. The third-order valence-corrected chi connectivity index (χ3v) is 5.98. The van der Waals surface area contributed by atoms with Gasteiger partial charge in [-0.1, -0.05) is 12.1 Å². The van der Waals surface area contributed by atoms with E-state index in [1.54, 1.807) is 35.6 Å². The number of benzene rings is 2. The molecule has 6 heteroatoms. The Morgan fingerprint density at radius 1 is 1.26 bits per heavy atom. The van der Waals surface area contributed by atoms with Crippen molar-refractivity contribution in [2.24, 2.45) is 0 Å². The molecule has 0 unspecified atom stereocenters. The van der Waals surface area contributed by atoms with Crippen LogP contribution in [0.25, 0.3) is 10.2 Å². The van der Waals surface area contributed by atoms with Crippen LogP contribution in [0.1, 0.15) is 29.3 Å². The lowest BCUT2D eigenvalue weighted by atomic mass is 9.99. The minimum absolute atomic E-state index is 0.00910. The molecule has 1 aliphatic heterocycles. The van der Waals surface area contributed by atoms with Gasteiger partial charge in [0.2, 0.25) is 0 Å². The van der Waals surface area contributed by atoms with Crippen LogP contribution in [0, 0.1) is 11.3 Å². The summed E-state index contributed by atoms with van der Waals surface area (Å²) >= 11 is 1.72. The third kappa shape index (κ3) is 3.93. The Labute approximate surface area is 161 Å². The number of hydrogen-bond acceptors (Lipinski definition) is 5. The van der Waals surface area contributed by atoms with Gasteiger partial charge in [0.25, 0.3) is 5.91 Å². The van der Waals surface area contributed by atoms with E-state index in [9.17, 15) is 4.79 Å². The summed E-state index contributed by atoms with van der Waals surface area (Å²) in [6.45, 7) is 1.46. The van der Waals surface area contributed by atoms with Crippen LogP contribution in [-0.4, -0.2) is 35.5 Å². The lowest BCUT2D eigenvalue weighted by molar-refractivity contribution is -0.134. The Balaban J connectivity index is 1.38. The number of nitriles is 1. The standard InChI is InChI=1S/C21H19N3O2S/c22-12-15-7-9-17(10-8-15)26-14-20(25)24-11-3-4-16(13-24)21-23-18-5-1-2-6-19(18)27-21/h1-2,5-10,16H,3-4,11,13-14H2/t16-/m0/s1. The zero-order valence-corrected chi connectivity index (χ0v) is 15.6. The van der Waals surface area contributed by atoms with E-state index in [0.29, 0.717) is 17.9 Å². The Morgan fingerprint density at radius 3 is 2.85 bits per heavy atom. The lowest BCUT2D eigenvalue weighted by Gasteiger charge is -2.31. The molecular weight excluding hydrogens is 358 g/mol. The van der Waals surface area contributed by atoms with Crippen LogP contribution < -0.4 is 4.74 Å². The second-order valence-corrected chi connectivity index (χ2v) is 7.69. The number of aromatic nitrogens is 1. The van der Waals surface area contributed by atoms with E-state index in [-0.39, 0.29) is 18.4 Å². The minimum Gasteiger partial charge on any atom is -0.484 e. The molecule has 0 radical (unpaired) electrons. The van der Waals surface area contributed by atoms with Crippen molar-refractivity contribution in [1.82, 2.24) is 9.88 Å². The number of fused-ring (bicyclic) bond motifs is 1. The first-order valence-electron chi connectivity index (χ1n) is 8.99. The highest BCUT2D eigenvalue weighted by atomic mass is 32.1. The zero-order valence-electron chi connectivity index (χ0n) is 14.8. The van der Waals surface area contributed by atoms with E-state index in [2.05, 4.69) is 12.1 Å². The first kappa shape index (κ1) is 17.5. The summed E-state index contributed by atoms with van der Waals surface area (Å²) in [5, 5.41) is 9.94. The van der Waals surface area contributed by atoms with E-state index in [1.807, 2.05) is 23.1 Å². The van der Waals surface area contributed by atoms with E-state index in [1.165, 1.54) is 4.70 Å². The minimum atomic E-state index is -0.00910. The fourth-order valence-electron chi connectivity index (χ4n) is 3.33. The van der Waals surface area contributed by atoms with E-state index < -0.39 is 0 Å². The summed E-state index contributed by atoms with van der Waals surface area (Å²) in [5.41, 5.74) is 1.61. The molecule has 1 atom stereocenters. The number of ether oxygens (including phenoxy) is 1. The number of thiazole rings is 1. The van der Waals surface area contributed by atoms with Crippen molar-refractivity contribution < 1.29 is 9.53 Å². The van der Waals surface area contributed by atoms with Crippen LogP contribution in [0.2, 0.25) is 0 Å². The molecular formula is C21H19N3O2S. The molecule has 0 saturated carbocycles. The molecule has 1 aromatic heterocycles. The summed E-state index contributed by atoms with van der Waals surface area (Å²) in [4.78, 5) is 19.2. The van der Waals surface area contributed by atoms with Crippen molar-refractivity contribution in [2.45, 2.75) is 18.8 Å². The molecule has 5 nitrogen and oxygen atoms in total. The monoisotopic (exact) mass is 377 g/mol. The summed E-state index contributed by atoms with van der Waals surface area (Å²) in [6.07, 6.45) is 2.03. The number of amides is 1. The maximum Gasteiger partial charge on any atom is 0.260 e. The normalized spacial score (nSPS) is 16.9. The van der Waals surface area contributed by atoms with Gasteiger partial charge in [-0.3, -0.25) is 4.79 Å². The fourth-order valence-corrected chi connectivity index (χ4v) is 4.43. The van der Waals surface area contributed by atoms with Crippen LogP contribution in [0.4, 0.5) is 0 Å². The quantitative estimate of drug-likeness (QED) is 0.690. The van der Waals surface area contributed by atoms with Crippen molar-refractivity contribution in [3.63, 3.8) is 0 Å². The number of piperidine rings is 1. The van der Waals surface area contributed by atoms with Gasteiger partial charge >= 0.3 is 0 Å². The Kier molecular flexibility index (Phi) is 5.03. The summed E-state index contributed by atoms with van der Waals surface area (Å²) in [6, 6.07) is 17.0. The molecule has 0 aliphatic carbocycles. The van der Waals surface area contributed by atoms with E-state index in [4.69, 9.17) is 15.0 Å². The van der Waals surface area contributed by atoms with Crippen LogP contribution in [0.15, 0.2) is 48.5 Å². The largest absolute Gasteiger partial charge is 0.484 e. The Morgan fingerprint density at radius 2 is 2.07 bits per heavy atom. The smallest absolute Gasteiger partial charge is 0.260 e. The molecule has 1 fully saturated rings. The first-order valence-corrected chi connectivity index (χ1v) is 9.81. The SMILES string of the molecule is N#Cc1ccc(OCC(=O)N2CCC[C@H](c3nc4ccccc4s3)C2)cc1. The van der Waals surface area contributed by atoms with Gasteiger partial charge in [0.05, 0.1) is 26.9 Å². The van der Waals surface area contributed by atoms with Gasteiger partial charge in [0.15, 0.2) is 6.61 Å². The maximum absolute atomic E-state index is 12.6. The first-order chi connectivity index (χ1) is 13.2. The lowest BCUT2D eigenvalue weighted by Crippen LogP contribution is -2.41. The third-order valence-electron chi connectivity index (χ3n) is 4.78. The van der Waals surface area contributed by atoms with Crippen LogP contribution in [0.3, 0.4) is 0 Å². The number of carbonyl (C=O) groups excluding carboxylic acids is 1. The van der Waals surface area contributed by atoms with Gasteiger partial charge in [-0.2, -0.15) is 5.26 Å². The molecule has 4 rings (SSSR count). The number of para-hydroxylation sites is 1. The zero-order chi connectivity index (χ0) is 18.6. The van der Waals surface area contributed by atoms with Crippen molar-refractivity contribution in [3.05, 3.63) is 59.1 Å². The molecule has 27 heavy (non-hydrogen) atoms. The molecule has 1 aliphatic rings. The number of nitrogens with zero attached hydrogens (tertiary/aromatic N) is 3. The Hall–Kier alpha value is -2.91. The van der Waals surface area contributed by atoms with Crippen LogP contribution in [0.5, 0.6) is 5.75 Å². The number of carbonyl (C=O) groups is 1. The Bertz CT molecular complexity index is 958. The average molecular weight is 377 g/mol. The average Bonchev–Trinajstić information content (AvgIpc) is 3.17. The highest BCUT2D eigenvalue weighted by molar-refractivity contribution is 7.18. The molecule has 3 aromatic rings. The highest BCUT2D eigenvalue weighted by Gasteiger charge is 2.27. The molecule has 136 valence electrons. The second kappa shape index (κ2) is 7.77. The van der Waals surface area contributed by atoms with E-state index in [0.717, 1.165) is 29.9 Å². The molecule has 0 spiro atoms. The molecule has 0 bridgehead atoms. The van der Waals surface area contributed by atoms with Crippen molar-refractivity contribution >= 4 is 27.5 Å². The summed E-state index contributed by atoms with van der Waals surface area (Å²) in [7, 11) is 0. The van der Waals surface area contributed by atoms with Crippen LogP contribution >= 0.6 is 11.3 Å². The highest BCUT2D eigenvalue weighted by Crippen LogP contribution is 2.33. The number of rotatable bonds is 4. The second-order valence-electron chi connectivity index (χ2n) is 6.62. The molecule has 2 heterocycles. The molecule has 2 aromatic carbocycles. The topological polar surface area (TPSA) is 66.2 Å². The van der Waals surface area contributed by atoms with Crippen LogP contribution in [-0.2, 0) is 4.79 Å². The van der Waals surface area contributed by atoms with Gasteiger partial charge in [-0.15, -0.1) is 11.3 Å². The van der Waals surface area contributed by atoms with Gasteiger partial charge in [0.1, 0.15) is 5.75 Å². The van der Waals surface area contributed by atoms with Crippen molar-refractivity contribution in [2.75, 3.05) is 19.7 Å².